The fourth-order valence-electron chi connectivity index (χ4n) is 2.27. The number of rotatable bonds is 6. The molecule has 0 aliphatic carbocycles. The average molecular weight is 368 g/mol. The number of aliphatic hydroxyl groups is 1. The predicted molar refractivity (Wildman–Crippen MR) is 96.9 cm³/mol. The highest BCUT2D eigenvalue weighted by Crippen LogP contribution is 2.20. The molecule has 7 nitrogen and oxygen atoms in total. The Morgan fingerprint density at radius 3 is 2.48 bits per heavy atom. The molecule has 138 valence electrons. The second kappa shape index (κ2) is 8.72. The molecule has 0 saturated carbocycles. The molecule has 3 rings (SSSR count). The van der Waals surface area contributed by atoms with E-state index in [4.69, 9.17) is 4.74 Å². The molecule has 1 unspecified atom stereocenters. The van der Waals surface area contributed by atoms with Crippen molar-refractivity contribution in [2.24, 2.45) is 0 Å². The zero-order chi connectivity index (χ0) is 19.1. The van der Waals surface area contributed by atoms with Gasteiger partial charge in [-0.05, 0) is 36.4 Å². The van der Waals surface area contributed by atoms with Gasteiger partial charge < -0.3 is 20.5 Å². The van der Waals surface area contributed by atoms with E-state index in [0.29, 0.717) is 11.4 Å². The summed E-state index contributed by atoms with van der Waals surface area (Å²) in [5.41, 5.74) is 0.650. The van der Waals surface area contributed by atoms with E-state index >= 15 is 0 Å². The summed E-state index contributed by atoms with van der Waals surface area (Å²) in [6.07, 6.45) is 2.00. The molecule has 0 aliphatic rings. The number of aliphatic hydroxyl groups excluding tert-OH is 1. The molecule has 27 heavy (non-hydrogen) atoms. The van der Waals surface area contributed by atoms with Crippen LogP contribution in [0.4, 0.5) is 14.9 Å². The number of ether oxygens (including phenoxy) is 1. The molecular formula is C19H17FN4O3. The SMILES string of the molecule is O=C(NCC(O)c1ccccc1F)Nc1ccc(Oc2ncccn2)cc1. The van der Waals surface area contributed by atoms with Gasteiger partial charge in [0.1, 0.15) is 11.6 Å². The van der Waals surface area contributed by atoms with Crippen LogP contribution in [0.3, 0.4) is 0 Å². The van der Waals surface area contributed by atoms with Gasteiger partial charge in [0.05, 0.1) is 6.10 Å². The Labute approximate surface area is 154 Å². The molecule has 0 spiro atoms. The molecule has 0 bridgehead atoms. The van der Waals surface area contributed by atoms with Crippen LogP contribution in [0.5, 0.6) is 11.8 Å². The number of benzene rings is 2. The smallest absolute Gasteiger partial charge is 0.321 e. The quantitative estimate of drug-likeness (QED) is 0.621. The van der Waals surface area contributed by atoms with Crippen LogP contribution in [0, 0.1) is 5.82 Å². The predicted octanol–water partition coefficient (Wildman–Crippen LogP) is 3.26. The molecule has 1 heterocycles. The van der Waals surface area contributed by atoms with Gasteiger partial charge in [0, 0.05) is 30.2 Å². The number of hydrogen-bond donors (Lipinski definition) is 3. The Balaban J connectivity index is 1.50. The lowest BCUT2D eigenvalue weighted by molar-refractivity contribution is 0.170. The highest BCUT2D eigenvalue weighted by Gasteiger charge is 2.13. The minimum absolute atomic E-state index is 0.126. The largest absolute Gasteiger partial charge is 0.424 e. The Bertz CT molecular complexity index is 891. The van der Waals surface area contributed by atoms with Crippen LogP contribution in [0.1, 0.15) is 11.7 Å². The number of amides is 2. The van der Waals surface area contributed by atoms with Gasteiger partial charge in [-0.3, -0.25) is 0 Å². The number of nitrogens with one attached hydrogen (secondary N) is 2. The maximum atomic E-state index is 13.6. The van der Waals surface area contributed by atoms with E-state index in [-0.39, 0.29) is 18.1 Å². The van der Waals surface area contributed by atoms with Crippen LogP contribution >= 0.6 is 0 Å². The Hall–Kier alpha value is -3.52. The van der Waals surface area contributed by atoms with Gasteiger partial charge in [0.2, 0.25) is 0 Å². The van der Waals surface area contributed by atoms with Gasteiger partial charge >= 0.3 is 12.0 Å². The van der Waals surface area contributed by atoms with Crippen LogP contribution < -0.4 is 15.4 Å². The van der Waals surface area contributed by atoms with Crippen LogP contribution in [-0.2, 0) is 0 Å². The van der Waals surface area contributed by atoms with E-state index in [9.17, 15) is 14.3 Å². The van der Waals surface area contributed by atoms with E-state index in [2.05, 4.69) is 20.6 Å². The molecule has 0 saturated heterocycles. The van der Waals surface area contributed by atoms with Gasteiger partial charge in [-0.25, -0.2) is 19.2 Å². The van der Waals surface area contributed by atoms with Crippen molar-refractivity contribution in [3.63, 3.8) is 0 Å². The second-order valence-corrected chi connectivity index (χ2v) is 5.53. The van der Waals surface area contributed by atoms with Crippen molar-refractivity contribution in [3.05, 3.63) is 78.4 Å². The van der Waals surface area contributed by atoms with Crippen LogP contribution in [0.25, 0.3) is 0 Å². The van der Waals surface area contributed by atoms with Gasteiger partial charge in [0.15, 0.2) is 0 Å². The van der Waals surface area contributed by atoms with Gasteiger partial charge in [-0.15, -0.1) is 0 Å². The molecule has 3 aromatic rings. The number of aromatic nitrogens is 2. The number of hydrogen-bond acceptors (Lipinski definition) is 5. The van der Waals surface area contributed by atoms with Crippen LogP contribution in [0.15, 0.2) is 67.0 Å². The summed E-state index contributed by atoms with van der Waals surface area (Å²) >= 11 is 0. The maximum Gasteiger partial charge on any atom is 0.321 e. The normalized spacial score (nSPS) is 11.5. The molecule has 0 fully saturated rings. The fraction of sp³-hybridized carbons (Fsp3) is 0.105. The molecule has 2 aromatic carbocycles. The Morgan fingerprint density at radius 1 is 1.07 bits per heavy atom. The summed E-state index contributed by atoms with van der Waals surface area (Å²) in [4.78, 5) is 19.8. The summed E-state index contributed by atoms with van der Waals surface area (Å²) in [6, 6.07) is 13.8. The summed E-state index contributed by atoms with van der Waals surface area (Å²) in [7, 11) is 0. The van der Waals surface area contributed by atoms with Gasteiger partial charge in [-0.2, -0.15) is 0 Å². The lowest BCUT2D eigenvalue weighted by atomic mass is 10.1. The summed E-state index contributed by atoms with van der Waals surface area (Å²) in [5.74, 6) is -0.00711. The lowest BCUT2D eigenvalue weighted by Crippen LogP contribution is -2.32. The van der Waals surface area contributed by atoms with Crippen LogP contribution in [-0.4, -0.2) is 27.7 Å². The van der Waals surface area contributed by atoms with Crippen molar-refractivity contribution in [2.75, 3.05) is 11.9 Å². The molecular weight excluding hydrogens is 351 g/mol. The Morgan fingerprint density at radius 2 is 1.78 bits per heavy atom. The average Bonchev–Trinajstić information content (AvgIpc) is 2.69. The highest BCUT2D eigenvalue weighted by atomic mass is 19.1. The second-order valence-electron chi connectivity index (χ2n) is 5.53. The standard InChI is InChI=1S/C19H17FN4O3/c20-16-5-2-1-4-15(16)17(25)12-23-18(26)24-13-6-8-14(9-7-13)27-19-21-10-3-11-22-19/h1-11,17,25H,12H2,(H2,23,24,26). The molecule has 0 radical (unpaired) electrons. The third kappa shape index (κ3) is 5.23. The highest BCUT2D eigenvalue weighted by molar-refractivity contribution is 5.89. The summed E-state index contributed by atoms with van der Waals surface area (Å²) in [5, 5.41) is 15.1. The molecule has 0 aliphatic heterocycles. The van der Waals surface area contributed by atoms with E-state index in [1.54, 1.807) is 48.8 Å². The molecule has 1 aromatic heterocycles. The zero-order valence-electron chi connectivity index (χ0n) is 14.2. The third-order valence-corrected chi connectivity index (χ3v) is 3.58. The molecule has 3 N–H and O–H groups in total. The summed E-state index contributed by atoms with van der Waals surface area (Å²) < 4.78 is 19.1. The number of carbonyl (C=O) groups is 1. The number of halogens is 1. The van der Waals surface area contributed by atoms with Gasteiger partial charge in [-0.1, -0.05) is 18.2 Å². The van der Waals surface area contributed by atoms with E-state index in [1.807, 2.05) is 0 Å². The molecule has 8 heteroatoms. The fourth-order valence-corrected chi connectivity index (χ4v) is 2.27. The first-order valence-corrected chi connectivity index (χ1v) is 8.14. The van der Waals surface area contributed by atoms with Crippen molar-refractivity contribution < 1.29 is 19.0 Å². The first-order valence-electron chi connectivity index (χ1n) is 8.14. The Kier molecular flexibility index (Phi) is 5.91. The number of anilines is 1. The van der Waals surface area contributed by atoms with Crippen molar-refractivity contribution >= 4 is 11.7 Å². The first kappa shape index (κ1) is 18.3. The molecule has 2 amide bonds. The van der Waals surface area contributed by atoms with E-state index < -0.39 is 18.0 Å². The summed E-state index contributed by atoms with van der Waals surface area (Å²) in [6.45, 7) is -0.126. The van der Waals surface area contributed by atoms with Crippen molar-refractivity contribution in [3.8, 4) is 11.8 Å². The van der Waals surface area contributed by atoms with Crippen molar-refractivity contribution in [2.45, 2.75) is 6.10 Å². The van der Waals surface area contributed by atoms with E-state index in [1.165, 1.54) is 18.2 Å². The van der Waals surface area contributed by atoms with Crippen molar-refractivity contribution in [1.29, 1.82) is 0 Å². The topological polar surface area (TPSA) is 96.4 Å². The zero-order valence-corrected chi connectivity index (χ0v) is 14.2. The maximum absolute atomic E-state index is 13.6. The minimum atomic E-state index is -1.14. The lowest BCUT2D eigenvalue weighted by Gasteiger charge is -2.13. The van der Waals surface area contributed by atoms with Gasteiger partial charge in [0.25, 0.3) is 0 Å². The number of urea groups is 1. The number of carbonyl (C=O) groups excluding carboxylic acids is 1. The van der Waals surface area contributed by atoms with Crippen LogP contribution in [0.2, 0.25) is 0 Å². The first-order chi connectivity index (χ1) is 13.1. The van der Waals surface area contributed by atoms with E-state index in [0.717, 1.165) is 0 Å². The van der Waals surface area contributed by atoms with Crippen molar-refractivity contribution in [1.82, 2.24) is 15.3 Å². The monoisotopic (exact) mass is 368 g/mol. The third-order valence-electron chi connectivity index (χ3n) is 3.58. The molecule has 1 atom stereocenters. The minimum Gasteiger partial charge on any atom is -0.424 e. The number of nitrogens with zero attached hydrogens (tertiary/aromatic N) is 2.